The zero-order valence-electron chi connectivity index (χ0n) is 11.4. The molecule has 0 aliphatic carbocycles. The van der Waals surface area contributed by atoms with E-state index in [1.165, 1.54) is 0 Å². The summed E-state index contributed by atoms with van der Waals surface area (Å²) in [5.41, 5.74) is 6.79. The number of hydrogen-bond donors (Lipinski definition) is 2. The molecule has 2 rings (SSSR count). The molecule has 0 aliphatic heterocycles. The van der Waals surface area contributed by atoms with E-state index in [1.54, 1.807) is 50.8 Å². The maximum Gasteiger partial charge on any atom is 0.241 e. The molecule has 1 unspecified atom stereocenters. The van der Waals surface area contributed by atoms with Crippen molar-refractivity contribution < 1.29 is 8.42 Å². The molecule has 3 N–H and O–H groups in total. The fourth-order valence-corrected chi connectivity index (χ4v) is 3.51. The van der Waals surface area contributed by atoms with Gasteiger partial charge in [-0.15, -0.1) is 0 Å². The van der Waals surface area contributed by atoms with Crippen molar-refractivity contribution in [3.05, 3.63) is 42.5 Å². The van der Waals surface area contributed by atoms with Crippen molar-refractivity contribution in [3.63, 3.8) is 0 Å². The van der Waals surface area contributed by atoms with Crippen molar-refractivity contribution in [2.75, 3.05) is 5.73 Å². The lowest BCUT2D eigenvalue weighted by Gasteiger charge is -2.16. The minimum atomic E-state index is -3.58. The van der Waals surface area contributed by atoms with Crippen LogP contribution in [0.3, 0.4) is 0 Å². The van der Waals surface area contributed by atoms with Crippen LogP contribution in [0, 0.1) is 6.92 Å². The predicted octanol–water partition coefficient (Wildman–Crippen LogP) is 1.14. The molecule has 2 aromatic rings. The predicted molar refractivity (Wildman–Crippen MR) is 77.6 cm³/mol. The molecule has 108 valence electrons. The van der Waals surface area contributed by atoms with E-state index >= 15 is 0 Å². The molecule has 0 fully saturated rings. The molecular formula is C13H18N4O2S. The molecule has 1 heterocycles. The second kappa shape index (κ2) is 5.64. The largest absolute Gasteiger partial charge is 0.398 e. The number of hydrogen-bond acceptors (Lipinski definition) is 4. The number of nitrogens with one attached hydrogen (secondary N) is 1. The summed E-state index contributed by atoms with van der Waals surface area (Å²) < 4.78 is 29.2. The lowest BCUT2D eigenvalue weighted by molar-refractivity contribution is 0.520. The van der Waals surface area contributed by atoms with Gasteiger partial charge in [-0.2, -0.15) is 0 Å². The van der Waals surface area contributed by atoms with Crippen molar-refractivity contribution in [2.45, 2.75) is 31.3 Å². The zero-order valence-corrected chi connectivity index (χ0v) is 12.3. The number of nitrogens with zero attached hydrogens (tertiary/aromatic N) is 2. The summed E-state index contributed by atoms with van der Waals surface area (Å²) in [6.07, 6.45) is 5.09. The number of sulfonamides is 1. The minimum Gasteiger partial charge on any atom is -0.398 e. The van der Waals surface area contributed by atoms with Crippen LogP contribution in [0.25, 0.3) is 0 Å². The van der Waals surface area contributed by atoms with Gasteiger partial charge in [0.25, 0.3) is 0 Å². The number of nitrogens with two attached hydrogens (primary N) is 1. The summed E-state index contributed by atoms with van der Waals surface area (Å²) in [7, 11) is -3.58. The van der Waals surface area contributed by atoms with Gasteiger partial charge in [-0.05, 0) is 31.5 Å². The molecule has 0 aliphatic rings. The van der Waals surface area contributed by atoms with E-state index < -0.39 is 10.0 Å². The number of rotatable bonds is 5. The molecule has 0 spiro atoms. The van der Waals surface area contributed by atoms with E-state index in [0.717, 1.165) is 0 Å². The van der Waals surface area contributed by atoms with Crippen molar-refractivity contribution in [1.29, 1.82) is 0 Å². The minimum absolute atomic E-state index is 0.218. The van der Waals surface area contributed by atoms with Crippen molar-refractivity contribution >= 4 is 15.7 Å². The summed E-state index contributed by atoms with van der Waals surface area (Å²) in [4.78, 5) is 4.14. The van der Waals surface area contributed by atoms with Gasteiger partial charge in [-0.1, -0.05) is 6.07 Å². The van der Waals surface area contributed by atoms with Crippen LogP contribution in [0.5, 0.6) is 0 Å². The Hall–Kier alpha value is -1.86. The summed E-state index contributed by atoms with van der Waals surface area (Å²) in [6.45, 7) is 4.02. The van der Waals surface area contributed by atoms with Gasteiger partial charge in [0, 0.05) is 30.7 Å². The first kappa shape index (κ1) is 14.5. The van der Waals surface area contributed by atoms with Crippen LogP contribution in [-0.2, 0) is 16.6 Å². The standard InChI is InChI=1S/C13H18N4O2S/c1-10(8-17-7-6-15-9-17)16-20(18,19)13-5-3-4-12(14)11(13)2/h3-7,9-10,16H,8,14H2,1-2H3. The first-order valence-corrected chi connectivity index (χ1v) is 7.71. The van der Waals surface area contributed by atoms with E-state index in [-0.39, 0.29) is 10.9 Å². The lowest BCUT2D eigenvalue weighted by atomic mass is 10.2. The summed E-state index contributed by atoms with van der Waals surface area (Å²) in [6, 6.07) is 4.62. The van der Waals surface area contributed by atoms with Crippen LogP contribution in [0.4, 0.5) is 5.69 Å². The number of anilines is 1. The molecule has 6 nitrogen and oxygen atoms in total. The van der Waals surface area contributed by atoms with Crippen molar-refractivity contribution in [3.8, 4) is 0 Å². The molecule has 0 radical (unpaired) electrons. The normalized spacial score (nSPS) is 13.3. The van der Waals surface area contributed by atoms with Crippen LogP contribution in [0.1, 0.15) is 12.5 Å². The summed E-state index contributed by atoms with van der Waals surface area (Å²) in [5, 5.41) is 0. The Labute approximate surface area is 118 Å². The van der Waals surface area contributed by atoms with Gasteiger partial charge in [0.2, 0.25) is 10.0 Å². The topological polar surface area (TPSA) is 90.0 Å². The van der Waals surface area contributed by atoms with Crippen molar-refractivity contribution in [1.82, 2.24) is 14.3 Å². The van der Waals surface area contributed by atoms with E-state index in [9.17, 15) is 8.42 Å². The fraction of sp³-hybridized carbons (Fsp3) is 0.308. The second-order valence-corrected chi connectivity index (χ2v) is 6.43. The molecule has 1 aromatic carbocycles. The Bertz CT molecular complexity index is 680. The molecule has 20 heavy (non-hydrogen) atoms. The molecule has 7 heteroatoms. The Morgan fingerprint density at radius 1 is 1.45 bits per heavy atom. The zero-order chi connectivity index (χ0) is 14.8. The van der Waals surface area contributed by atoms with Crippen LogP contribution in [-0.4, -0.2) is 24.0 Å². The van der Waals surface area contributed by atoms with Gasteiger partial charge >= 0.3 is 0 Å². The highest BCUT2D eigenvalue weighted by molar-refractivity contribution is 7.89. The maximum absolute atomic E-state index is 12.4. The highest BCUT2D eigenvalue weighted by Gasteiger charge is 2.20. The van der Waals surface area contributed by atoms with Gasteiger partial charge in [-0.25, -0.2) is 18.1 Å². The molecule has 1 atom stereocenters. The molecule has 0 bridgehead atoms. The Balaban J connectivity index is 2.16. The van der Waals surface area contributed by atoms with Gasteiger partial charge in [0.05, 0.1) is 11.2 Å². The van der Waals surface area contributed by atoms with Crippen molar-refractivity contribution in [2.24, 2.45) is 0 Å². The number of benzene rings is 1. The lowest BCUT2D eigenvalue weighted by Crippen LogP contribution is -2.35. The van der Waals surface area contributed by atoms with Gasteiger partial charge in [-0.3, -0.25) is 0 Å². The summed E-state index contributed by atoms with van der Waals surface area (Å²) >= 11 is 0. The third-order valence-electron chi connectivity index (χ3n) is 3.02. The smallest absolute Gasteiger partial charge is 0.241 e. The van der Waals surface area contributed by atoms with E-state index in [1.807, 2.05) is 4.57 Å². The highest BCUT2D eigenvalue weighted by atomic mass is 32.2. The van der Waals surface area contributed by atoms with E-state index in [4.69, 9.17) is 5.73 Å². The SMILES string of the molecule is Cc1c(N)cccc1S(=O)(=O)NC(C)Cn1ccnc1. The number of imidazole rings is 1. The number of aromatic nitrogens is 2. The Morgan fingerprint density at radius 3 is 2.85 bits per heavy atom. The third-order valence-corrected chi connectivity index (χ3v) is 4.75. The summed E-state index contributed by atoms with van der Waals surface area (Å²) in [5.74, 6) is 0. The Morgan fingerprint density at radius 2 is 2.20 bits per heavy atom. The van der Waals surface area contributed by atoms with E-state index in [2.05, 4.69) is 9.71 Å². The average molecular weight is 294 g/mol. The van der Waals surface area contributed by atoms with E-state index in [0.29, 0.717) is 17.8 Å². The quantitative estimate of drug-likeness (QED) is 0.809. The molecule has 0 saturated carbocycles. The maximum atomic E-state index is 12.4. The second-order valence-electron chi connectivity index (χ2n) is 4.75. The van der Waals surface area contributed by atoms with Gasteiger partial charge in [0.15, 0.2) is 0 Å². The fourth-order valence-electron chi connectivity index (χ4n) is 2.00. The van der Waals surface area contributed by atoms with Crippen LogP contribution >= 0.6 is 0 Å². The number of nitrogen functional groups attached to an aromatic ring is 1. The van der Waals surface area contributed by atoms with Crippen LogP contribution in [0.2, 0.25) is 0 Å². The first-order chi connectivity index (χ1) is 9.40. The molecular weight excluding hydrogens is 276 g/mol. The van der Waals surface area contributed by atoms with Gasteiger partial charge in [0.1, 0.15) is 0 Å². The third kappa shape index (κ3) is 3.17. The monoisotopic (exact) mass is 294 g/mol. The highest BCUT2D eigenvalue weighted by Crippen LogP contribution is 2.20. The first-order valence-electron chi connectivity index (χ1n) is 6.23. The average Bonchev–Trinajstić information content (AvgIpc) is 2.84. The van der Waals surface area contributed by atoms with Gasteiger partial charge < -0.3 is 10.3 Å². The molecule has 0 amide bonds. The molecule has 1 aromatic heterocycles. The van der Waals surface area contributed by atoms with Crippen LogP contribution in [0.15, 0.2) is 41.8 Å². The van der Waals surface area contributed by atoms with Crippen LogP contribution < -0.4 is 10.5 Å². The Kier molecular flexibility index (Phi) is 4.10. The molecule has 0 saturated heterocycles.